The second kappa shape index (κ2) is 7.93. The van der Waals surface area contributed by atoms with Crippen LogP contribution >= 0.6 is 0 Å². The van der Waals surface area contributed by atoms with E-state index in [4.69, 9.17) is 5.73 Å². The standard InChI is InChI=1S/C17H26N2O2/c1-5-12(3)16(18)17(21)19-15(13(4)20)10-14-8-6-11(2)7-9-14/h6-9,12,15-16H,5,10,18H2,1-4H3,(H,19,21)/t12-,15+,16+/m1/s1. The molecule has 1 amide bonds. The molecule has 0 saturated heterocycles. The minimum Gasteiger partial charge on any atom is -0.345 e. The Morgan fingerprint density at radius 3 is 2.29 bits per heavy atom. The first-order valence-corrected chi connectivity index (χ1v) is 7.47. The van der Waals surface area contributed by atoms with Gasteiger partial charge in [0.1, 0.15) is 0 Å². The van der Waals surface area contributed by atoms with Crippen molar-refractivity contribution in [3.8, 4) is 0 Å². The number of hydrogen-bond acceptors (Lipinski definition) is 3. The second-order valence-corrected chi connectivity index (χ2v) is 5.77. The third-order valence-corrected chi connectivity index (χ3v) is 3.93. The summed E-state index contributed by atoms with van der Waals surface area (Å²) in [6.45, 7) is 7.44. The van der Waals surface area contributed by atoms with Crippen LogP contribution in [-0.2, 0) is 16.0 Å². The molecule has 3 N–H and O–H groups in total. The molecule has 21 heavy (non-hydrogen) atoms. The summed E-state index contributed by atoms with van der Waals surface area (Å²) >= 11 is 0. The van der Waals surface area contributed by atoms with Crippen molar-refractivity contribution in [3.63, 3.8) is 0 Å². The number of amides is 1. The topological polar surface area (TPSA) is 72.2 Å². The maximum atomic E-state index is 12.1. The fourth-order valence-electron chi connectivity index (χ4n) is 2.04. The summed E-state index contributed by atoms with van der Waals surface area (Å²) < 4.78 is 0. The highest BCUT2D eigenvalue weighted by Gasteiger charge is 2.24. The molecule has 116 valence electrons. The number of benzene rings is 1. The normalized spacial score (nSPS) is 15.1. The minimum atomic E-state index is -0.574. The summed E-state index contributed by atoms with van der Waals surface area (Å²) in [4.78, 5) is 23.9. The Kier molecular flexibility index (Phi) is 6.56. The number of carbonyl (C=O) groups is 2. The number of ketones is 1. The summed E-state index contributed by atoms with van der Waals surface area (Å²) in [6.07, 6.45) is 1.33. The zero-order valence-electron chi connectivity index (χ0n) is 13.3. The van der Waals surface area contributed by atoms with Crippen LogP contribution in [0.3, 0.4) is 0 Å². The molecule has 0 unspecified atom stereocenters. The molecule has 0 spiro atoms. The zero-order valence-corrected chi connectivity index (χ0v) is 13.3. The third kappa shape index (κ3) is 5.31. The molecule has 0 aliphatic rings. The SMILES string of the molecule is CC[C@@H](C)[C@H](N)C(=O)N[C@@H](Cc1ccc(C)cc1)C(C)=O. The number of nitrogens with one attached hydrogen (secondary N) is 1. The van der Waals surface area contributed by atoms with Gasteiger partial charge < -0.3 is 11.1 Å². The van der Waals surface area contributed by atoms with Crippen LogP contribution in [0.5, 0.6) is 0 Å². The molecule has 4 heteroatoms. The molecule has 1 aromatic carbocycles. The number of rotatable bonds is 7. The minimum absolute atomic E-state index is 0.0553. The molecule has 0 aromatic heterocycles. The maximum absolute atomic E-state index is 12.1. The van der Waals surface area contributed by atoms with Gasteiger partial charge in [-0.15, -0.1) is 0 Å². The molecule has 1 rings (SSSR count). The highest BCUT2D eigenvalue weighted by atomic mass is 16.2. The molecule has 1 aromatic rings. The molecule has 0 saturated carbocycles. The van der Waals surface area contributed by atoms with Gasteiger partial charge in [0.15, 0.2) is 5.78 Å². The largest absolute Gasteiger partial charge is 0.345 e. The van der Waals surface area contributed by atoms with Crippen molar-refractivity contribution < 1.29 is 9.59 Å². The Balaban J connectivity index is 2.72. The Morgan fingerprint density at radius 1 is 1.24 bits per heavy atom. The summed E-state index contributed by atoms with van der Waals surface area (Å²) in [5.74, 6) is -0.214. The Bertz CT molecular complexity index is 482. The smallest absolute Gasteiger partial charge is 0.237 e. The predicted molar refractivity (Wildman–Crippen MR) is 84.9 cm³/mol. The highest BCUT2D eigenvalue weighted by molar-refractivity contribution is 5.89. The Labute approximate surface area is 127 Å². The molecule has 0 heterocycles. The average Bonchev–Trinajstić information content (AvgIpc) is 2.46. The van der Waals surface area contributed by atoms with E-state index in [0.29, 0.717) is 6.42 Å². The van der Waals surface area contributed by atoms with Crippen LogP contribution in [0.25, 0.3) is 0 Å². The molecular formula is C17H26N2O2. The van der Waals surface area contributed by atoms with E-state index in [9.17, 15) is 9.59 Å². The number of carbonyl (C=O) groups excluding carboxylic acids is 2. The van der Waals surface area contributed by atoms with Crippen LogP contribution in [0.1, 0.15) is 38.3 Å². The van der Waals surface area contributed by atoms with Crippen LogP contribution in [-0.4, -0.2) is 23.8 Å². The quantitative estimate of drug-likeness (QED) is 0.806. The van der Waals surface area contributed by atoms with E-state index in [1.54, 1.807) is 0 Å². The van der Waals surface area contributed by atoms with E-state index in [0.717, 1.165) is 12.0 Å². The number of nitrogens with two attached hydrogens (primary N) is 1. The molecular weight excluding hydrogens is 264 g/mol. The van der Waals surface area contributed by atoms with Gasteiger partial charge in [-0.3, -0.25) is 9.59 Å². The van der Waals surface area contributed by atoms with E-state index in [1.165, 1.54) is 12.5 Å². The lowest BCUT2D eigenvalue weighted by Gasteiger charge is -2.22. The van der Waals surface area contributed by atoms with E-state index < -0.39 is 12.1 Å². The van der Waals surface area contributed by atoms with Crippen molar-refractivity contribution in [1.29, 1.82) is 0 Å². The van der Waals surface area contributed by atoms with E-state index in [-0.39, 0.29) is 17.6 Å². The lowest BCUT2D eigenvalue weighted by atomic mass is 9.97. The lowest BCUT2D eigenvalue weighted by Crippen LogP contribution is -2.50. The predicted octanol–water partition coefficient (Wildman–Crippen LogP) is 1.98. The van der Waals surface area contributed by atoms with Gasteiger partial charge in [0.25, 0.3) is 0 Å². The van der Waals surface area contributed by atoms with Gasteiger partial charge in [-0.25, -0.2) is 0 Å². The number of hydrogen-bond donors (Lipinski definition) is 2. The zero-order chi connectivity index (χ0) is 16.0. The summed E-state index contributed by atoms with van der Waals surface area (Å²) in [5, 5.41) is 2.78. The summed E-state index contributed by atoms with van der Waals surface area (Å²) in [7, 11) is 0. The number of Topliss-reactive ketones (excluding diaryl/α,β-unsaturated/α-hetero) is 1. The first-order valence-electron chi connectivity index (χ1n) is 7.47. The van der Waals surface area contributed by atoms with Gasteiger partial charge in [0, 0.05) is 0 Å². The molecule has 4 nitrogen and oxygen atoms in total. The highest BCUT2D eigenvalue weighted by Crippen LogP contribution is 2.09. The molecule has 3 atom stereocenters. The van der Waals surface area contributed by atoms with Crippen LogP contribution < -0.4 is 11.1 Å². The van der Waals surface area contributed by atoms with Gasteiger partial charge in [-0.1, -0.05) is 50.1 Å². The van der Waals surface area contributed by atoms with E-state index >= 15 is 0 Å². The molecule has 0 fully saturated rings. The van der Waals surface area contributed by atoms with Crippen LogP contribution in [0.15, 0.2) is 24.3 Å². The van der Waals surface area contributed by atoms with Crippen LogP contribution in [0.4, 0.5) is 0 Å². The number of aryl methyl sites for hydroxylation is 1. The molecule has 0 bridgehead atoms. The summed E-state index contributed by atoms with van der Waals surface area (Å²) in [6, 6.07) is 6.86. The van der Waals surface area contributed by atoms with Gasteiger partial charge in [-0.05, 0) is 31.7 Å². The van der Waals surface area contributed by atoms with Gasteiger partial charge >= 0.3 is 0 Å². The van der Waals surface area contributed by atoms with Gasteiger partial charge in [-0.2, -0.15) is 0 Å². The Hall–Kier alpha value is -1.68. The maximum Gasteiger partial charge on any atom is 0.237 e. The third-order valence-electron chi connectivity index (χ3n) is 3.93. The van der Waals surface area contributed by atoms with Crippen LogP contribution in [0, 0.1) is 12.8 Å². The fourth-order valence-corrected chi connectivity index (χ4v) is 2.04. The summed E-state index contributed by atoms with van der Waals surface area (Å²) in [5.41, 5.74) is 8.10. The van der Waals surface area contributed by atoms with E-state index in [1.807, 2.05) is 45.0 Å². The van der Waals surface area contributed by atoms with Crippen LogP contribution in [0.2, 0.25) is 0 Å². The van der Waals surface area contributed by atoms with Gasteiger partial charge in [0.2, 0.25) is 5.91 Å². The van der Waals surface area contributed by atoms with Crippen molar-refractivity contribution in [1.82, 2.24) is 5.32 Å². The van der Waals surface area contributed by atoms with Crippen molar-refractivity contribution in [2.75, 3.05) is 0 Å². The van der Waals surface area contributed by atoms with Crippen molar-refractivity contribution in [2.45, 2.75) is 52.6 Å². The monoisotopic (exact) mass is 290 g/mol. The molecule has 0 aliphatic carbocycles. The van der Waals surface area contributed by atoms with Crippen molar-refractivity contribution >= 4 is 11.7 Å². The van der Waals surface area contributed by atoms with Gasteiger partial charge in [0.05, 0.1) is 12.1 Å². The first kappa shape index (κ1) is 17.4. The average molecular weight is 290 g/mol. The van der Waals surface area contributed by atoms with Crippen molar-refractivity contribution in [2.24, 2.45) is 11.7 Å². The fraction of sp³-hybridized carbons (Fsp3) is 0.529. The second-order valence-electron chi connectivity index (χ2n) is 5.77. The lowest BCUT2D eigenvalue weighted by molar-refractivity contribution is -0.128. The Morgan fingerprint density at radius 2 is 1.81 bits per heavy atom. The first-order chi connectivity index (χ1) is 9.85. The van der Waals surface area contributed by atoms with E-state index in [2.05, 4.69) is 5.32 Å². The molecule has 0 radical (unpaired) electrons. The van der Waals surface area contributed by atoms with Crippen molar-refractivity contribution in [3.05, 3.63) is 35.4 Å². The molecule has 0 aliphatic heterocycles.